The van der Waals surface area contributed by atoms with Crippen molar-refractivity contribution in [2.24, 2.45) is 0 Å². The molecule has 3 aromatic carbocycles. The number of rotatable bonds is 4. The van der Waals surface area contributed by atoms with E-state index >= 15 is 0 Å². The van der Waals surface area contributed by atoms with Crippen LogP contribution in [0.15, 0.2) is 109 Å². The summed E-state index contributed by atoms with van der Waals surface area (Å²) in [4.78, 5) is 9.08. The molecule has 0 bridgehead atoms. The minimum absolute atomic E-state index is 0.595. The highest BCUT2D eigenvalue weighted by atomic mass is 16.5. The number of aryl methyl sites for hydroxylation is 1. The molecule has 0 aliphatic carbocycles. The fraction of sp³-hybridized carbons (Fsp3) is 0.0345. The van der Waals surface area contributed by atoms with Crippen molar-refractivity contribution in [2.45, 2.75) is 6.92 Å². The highest BCUT2D eigenvalue weighted by molar-refractivity contribution is 6.10. The maximum Gasteiger partial charge on any atom is 0.219 e. The van der Waals surface area contributed by atoms with E-state index in [1.54, 1.807) is 0 Å². The van der Waals surface area contributed by atoms with Gasteiger partial charge in [0.25, 0.3) is 0 Å². The topological polar surface area (TPSA) is 39.9 Å². The number of hydrogen-bond acceptors (Lipinski definition) is 3. The SMILES string of the molecule is Cc1cccc(Oc2cccc(-c3ccc4c5ccccc5n(-c5ccccn5)c4c3)c2)n1. The van der Waals surface area contributed by atoms with Crippen molar-refractivity contribution in [1.29, 1.82) is 0 Å². The zero-order valence-corrected chi connectivity index (χ0v) is 18.1. The van der Waals surface area contributed by atoms with E-state index in [2.05, 4.69) is 69.1 Å². The maximum absolute atomic E-state index is 6.02. The third-order valence-electron chi connectivity index (χ3n) is 5.80. The first-order chi connectivity index (χ1) is 16.3. The van der Waals surface area contributed by atoms with E-state index in [1.165, 1.54) is 10.8 Å². The third kappa shape index (κ3) is 3.52. The van der Waals surface area contributed by atoms with Crippen molar-refractivity contribution in [2.75, 3.05) is 0 Å². The molecule has 0 fully saturated rings. The quantitative estimate of drug-likeness (QED) is 0.295. The molecule has 158 valence electrons. The van der Waals surface area contributed by atoms with Crippen LogP contribution in [0.3, 0.4) is 0 Å². The molecule has 3 heterocycles. The van der Waals surface area contributed by atoms with Gasteiger partial charge in [-0.3, -0.25) is 4.57 Å². The van der Waals surface area contributed by atoms with Gasteiger partial charge in [0.05, 0.1) is 11.0 Å². The normalized spacial score (nSPS) is 11.2. The Morgan fingerprint density at radius 3 is 2.36 bits per heavy atom. The zero-order chi connectivity index (χ0) is 22.2. The number of aromatic nitrogens is 3. The zero-order valence-electron chi connectivity index (χ0n) is 18.1. The van der Waals surface area contributed by atoms with E-state index in [-0.39, 0.29) is 0 Å². The lowest BCUT2D eigenvalue weighted by atomic mass is 10.0. The summed E-state index contributed by atoms with van der Waals surface area (Å²) < 4.78 is 8.25. The molecule has 4 heteroatoms. The molecule has 4 nitrogen and oxygen atoms in total. The van der Waals surface area contributed by atoms with E-state index in [0.717, 1.165) is 39.4 Å². The average Bonchev–Trinajstić information content (AvgIpc) is 3.18. The summed E-state index contributed by atoms with van der Waals surface area (Å²) in [6.07, 6.45) is 1.83. The van der Waals surface area contributed by atoms with Crippen LogP contribution in [0, 0.1) is 6.92 Å². The molecule has 3 aromatic heterocycles. The Bertz CT molecular complexity index is 1600. The van der Waals surface area contributed by atoms with Crippen LogP contribution in [-0.2, 0) is 0 Å². The lowest BCUT2D eigenvalue weighted by Gasteiger charge is -2.09. The van der Waals surface area contributed by atoms with E-state index in [4.69, 9.17) is 4.74 Å². The van der Waals surface area contributed by atoms with Crippen molar-refractivity contribution in [3.63, 3.8) is 0 Å². The molecule has 0 unspecified atom stereocenters. The highest BCUT2D eigenvalue weighted by Gasteiger charge is 2.14. The smallest absolute Gasteiger partial charge is 0.219 e. The molecule has 0 saturated carbocycles. The monoisotopic (exact) mass is 427 g/mol. The van der Waals surface area contributed by atoms with Gasteiger partial charge in [0, 0.05) is 28.7 Å². The van der Waals surface area contributed by atoms with Crippen LogP contribution < -0.4 is 4.74 Å². The lowest BCUT2D eigenvalue weighted by Crippen LogP contribution is -1.96. The Kier molecular flexibility index (Phi) is 4.62. The highest BCUT2D eigenvalue weighted by Crippen LogP contribution is 2.35. The van der Waals surface area contributed by atoms with E-state index < -0.39 is 0 Å². The number of fused-ring (bicyclic) bond motifs is 3. The Hall–Kier alpha value is -4.44. The number of nitrogens with zero attached hydrogens (tertiary/aromatic N) is 3. The summed E-state index contributed by atoms with van der Waals surface area (Å²) >= 11 is 0. The van der Waals surface area contributed by atoms with Crippen LogP contribution >= 0.6 is 0 Å². The molecule has 0 amide bonds. The predicted molar refractivity (Wildman–Crippen MR) is 133 cm³/mol. The van der Waals surface area contributed by atoms with Crippen LogP contribution in [-0.4, -0.2) is 14.5 Å². The van der Waals surface area contributed by atoms with E-state index in [0.29, 0.717) is 5.88 Å². The molecule has 0 N–H and O–H groups in total. The van der Waals surface area contributed by atoms with Crippen LogP contribution in [0.4, 0.5) is 0 Å². The van der Waals surface area contributed by atoms with Gasteiger partial charge in [0.15, 0.2) is 0 Å². The second kappa shape index (κ2) is 7.92. The lowest BCUT2D eigenvalue weighted by molar-refractivity contribution is 0.462. The molecule has 0 aliphatic heterocycles. The van der Waals surface area contributed by atoms with Gasteiger partial charge in [0.1, 0.15) is 11.6 Å². The van der Waals surface area contributed by atoms with Gasteiger partial charge < -0.3 is 4.74 Å². The van der Waals surface area contributed by atoms with Gasteiger partial charge in [-0.1, -0.05) is 54.6 Å². The number of benzene rings is 3. The Labute approximate surface area is 191 Å². The van der Waals surface area contributed by atoms with Gasteiger partial charge in [-0.15, -0.1) is 0 Å². The molecule has 6 aromatic rings. The average molecular weight is 428 g/mol. The summed E-state index contributed by atoms with van der Waals surface area (Å²) in [7, 11) is 0. The Balaban J connectivity index is 1.49. The molecule has 0 radical (unpaired) electrons. The van der Waals surface area contributed by atoms with Crippen molar-refractivity contribution in [3.05, 3.63) is 115 Å². The molecule has 6 rings (SSSR count). The molecular formula is C29H21N3O. The van der Waals surface area contributed by atoms with Crippen LogP contribution in [0.5, 0.6) is 11.6 Å². The Morgan fingerprint density at radius 2 is 1.48 bits per heavy atom. The Morgan fingerprint density at radius 1 is 0.667 bits per heavy atom. The second-order valence-electron chi connectivity index (χ2n) is 8.02. The van der Waals surface area contributed by atoms with Crippen molar-refractivity contribution < 1.29 is 4.74 Å². The predicted octanol–water partition coefficient (Wildman–Crippen LogP) is 7.34. The molecular weight excluding hydrogens is 406 g/mol. The van der Waals surface area contributed by atoms with E-state index in [1.807, 2.05) is 61.7 Å². The number of pyridine rings is 2. The summed E-state index contributed by atoms with van der Waals surface area (Å²) in [6.45, 7) is 1.96. The standard InChI is InChI=1S/C29H21N3O/c1-20-8-6-14-29(31-20)33-23-10-7-9-21(18-23)22-15-16-25-24-11-2-3-12-26(24)32(27(25)19-22)28-13-4-5-17-30-28/h2-19H,1H3. The van der Waals surface area contributed by atoms with E-state index in [9.17, 15) is 0 Å². The molecule has 0 atom stereocenters. The van der Waals surface area contributed by atoms with Crippen LogP contribution in [0.25, 0.3) is 38.8 Å². The fourth-order valence-electron chi connectivity index (χ4n) is 4.32. The van der Waals surface area contributed by atoms with Crippen molar-refractivity contribution in [3.8, 4) is 28.6 Å². The summed E-state index contributed by atoms with van der Waals surface area (Å²) in [5.41, 5.74) is 5.39. The minimum Gasteiger partial charge on any atom is -0.439 e. The van der Waals surface area contributed by atoms with Gasteiger partial charge in [-0.2, -0.15) is 0 Å². The van der Waals surface area contributed by atoms with Crippen LogP contribution in [0.1, 0.15) is 5.69 Å². The number of hydrogen-bond donors (Lipinski definition) is 0. The second-order valence-corrected chi connectivity index (χ2v) is 8.02. The number of para-hydroxylation sites is 1. The van der Waals surface area contributed by atoms with Gasteiger partial charge in [-0.25, -0.2) is 9.97 Å². The van der Waals surface area contributed by atoms with Gasteiger partial charge in [0.2, 0.25) is 5.88 Å². The summed E-state index contributed by atoms with van der Waals surface area (Å²) in [5, 5.41) is 2.42. The fourth-order valence-corrected chi connectivity index (χ4v) is 4.32. The molecule has 0 spiro atoms. The summed E-state index contributed by atoms with van der Waals surface area (Å²) in [6, 6.07) is 35.0. The van der Waals surface area contributed by atoms with Gasteiger partial charge in [-0.05, 0) is 60.5 Å². The first-order valence-electron chi connectivity index (χ1n) is 10.9. The maximum atomic E-state index is 6.02. The summed E-state index contributed by atoms with van der Waals surface area (Å²) in [5.74, 6) is 2.26. The van der Waals surface area contributed by atoms with Crippen LogP contribution in [0.2, 0.25) is 0 Å². The van der Waals surface area contributed by atoms with Crippen molar-refractivity contribution in [1.82, 2.24) is 14.5 Å². The van der Waals surface area contributed by atoms with Gasteiger partial charge >= 0.3 is 0 Å². The van der Waals surface area contributed by atoms with Crippen molar-refractivity contribution >= 4 is 21.8 Å². The molecule has 33 heavy (non-hydrogen) atoms. The number of ether oxygens (including phenoxy) is 1. The first-order valence-corrected chi connectivity index (χ1v) is 10.9. The molecule has 0 saturated heterocycles. The minimum atomic E-state index is 0.595. The largest absolute Gasteiger partial charge is 0.439 e. The first kappa shape index (κ1) is 19.3. The third-order valence-corrected chi connectivity index (χ3v) is 5.80. The molecule has 0 aliphatic rings.